The van der Waals surface area contributed by atoms with Crippen LogP contribution in [-0.4, -0.2) is 39.7 Å². The first-order valence-electron chi connectivity index (χ1n) is 8.81. The molecule has 0 aliphatic heterocycles. The summed E-state index contributed by atoms with van der Waals surface area (Å²) in [5.41, 5.74) is 4.96. The fraction of sp³-hybridized carbons (Fsp3) is 0.333. The predicted molar refractivity (Wildman–Crippen MR) is 104 cm³/mol. The number of aromatic nitrogens is 2. The number of carbonyl (C=O) groups is 2. The van der Waals surface area contributed by atoms with Crippen LogP contribution in [0.1, 0.15) is 44.7 Å². The van der Waals surface area contributed by atoms with Crippen molar-refractivity contribution in [1.29, 1.82) is 0 Å². The van der Waals surface area contributed by atoms with E-state index in [1.54, 1.807) is 4.90 Å². The van der Waals surface area contributed by atoms with Gasteiger partial charge < -0.3 is 14.5 Å². The molecule has 0 aliphatic carbocycles. The topological polar surface area (TPSA) is 58.1 Å². The molecule has 5 heteroatoms. The van der Waals surface area contributed by atoms with Gasteiger partial charge in [0.15, 0.2) is 5.78 Å². The van der Waals surface area contributed by atoms with Gasteiger partial charge in [-0.25, -0.2) is 0 Å². The highest BCUT2D eigenvalue weighted by Crippen LogP contribution is 2.21. The van der Waals surface area contributed by atoms with Crippen LogP contribution in [0.2, 0.25) is 0 Å². The number of aryl methyl sites for hydroxylation is 2. The maximum atomic E-state index is 12.9. The zero-order chi connectivity index (χ0) is 19.0. The van der Waals surface area contributed by atoms with Gasteiger partial charge in [-0.05, 0) is 43.9 Å². The Labute approximate surface area is 153 Å². The molecule has 0 bridgehead atoms. The lowest BCUT2D eigenvalue weighted by Gasteiger charge is -2.19. The van der Waals surface area contributed by atoms with Gasteiger partial charge in [0.05, 0.1) is 11.3 Å². The first-order valence-corrected chi connectivity index (χ1v) is 8.81. The molecule has 1 aromatic carbocycles. The van der Waals surface area contributed by atoms with Gasteiger partial charge in [0, 0.05) is 44.0 Å². The van der Waals surface area contributed by atoms with Gasteiger partial charge in [-0.3, -0.25) is 9.59 Å². The van der Waals surface area contributed by atoms with Crippen LogP contribution in [0.25, 0.3) is 10.9 Å². The molecule has 0 saturated carbocycles. The molecule has 5 nitrogen and oxygen atoms in total. The second kappa shape index (κ2) is 6.83. The Morgan fingerprint density at radius 1 is 1.15 bits per heavy atom. The molecule has 2 heterocycles. The minimum Gasteiger partial charge on any atom is -0.355 e. The Kier molecular flexibility index (Phi) is 4.72. The minimum absolute atomic E-state index is 0.0539. The van der Waals surface area contributed by atoms with E-state index in [-0.39, 0.29) is 11.7 Å². The molecule has 3 rings (SSSR count). The molecule has 0 radical (unpaired) electrons. The number of benzene rings is 1. The van der Waals surface area contributed by atoms with Crippen LogP contribution in [0.15, 0.2) is 30.3 Å². The number of aromatic amines is 1. The van der Waals surface area contributed by atoms with Crippen LogP contribution < -0.4 is 0 Å². The number of hydrogen-bond donors (Lipinski definition) is 1. The van der Waals surface area contributed by atoms with E-state index in [0.29, 0.717) is 17.8 Å². The van der Waals surface area contributed by atoms with Gasteiger partial charge in [-0.1, -0.05) is 18.2 Å². The normalized spacial score (nSPS) is 11.1. The van der Waals surface area contributed by atoms with Crippen LogP contribution in [0, 0.1) is 20.8 Å². The highest BCUT2D eigenvalue weighted by molar-refractivity contribution is 6.02. The lowest BCUT2D eigenvalue weighted by molar-refractivity contribution is 0.0789. The molecule has 0 aliphatic rings. The number of amides is 1. The SMILES string of the molecule is CC(=O)c1[nH]c(C)c(C(=O)N(C)CCn2c(C)cc3ccccc32)c1C. The summed E-state index contributed by atoms with van der Waals surface area (Å²) in [7, 11) is 1.81. The van der Waals surface area contributed by atoms with E-state index in [4.69, 9.17) is 0 Å². The number of para-hydroxylation sites is 1. The van der Waals surface area contributed by atoms with Crippen molar-refractivity contribution in [1.82, 2.24) is 14.5 Å². The zero-order valence-electron chi connectivity index (χ0n) is 16.0. The molecule has 0 atom stereocenters. The number of nitrogens with one attached hydrogen (secondary N) is 1. The molecule has 0 saturated heterocycles. The highest BCUT2D eigenvalue weighted by atomic mass is 16.2. The van der Waals surface area contributed by atoms with Crippen molar-refractivity contribution in [3.8, 4) is 0 Å². The van der Waals surface area contributed by atoms with Gasteiger partial charge in [-0.15, -0.1) is 0 Å². The summed E-state index contributed by atoms with van der Waals surface area (Å²) >= 11 is 0. The third-order valence-corrected chi connectivity index (χ3v) is 5.03. The summed E-state index contributed by atoms with van der Waals surface area (Å²) in [5.74, 6) is -0.111. The van der Waals surface area contributed by atoms with Crippen LogP contribution in [0.4, 0.5) is 0 Å². The zero-order valence-corrected chi connectivity index (χ0v) is 16.0. The van der Waals surface area contributed by atoms with E-state index in [0.717, 1.165) is 17.8 Å². The number of rotatable bonds is 5. The van der Waals surface area contributed by atoms with Crippen molar-refractivity contribution >= 4 is 22.6 Å². The summed E-state index contributed by atoms with van der Waals surface area (Å²) < 4.78 is 2.23. The fourth-order valence-corrected chi connectivity index (χ4v) is 3.61. The van der Waals surface area contributed by atoms with Crippen LogP contribution in [0.5, 0.6) is 0 Å². The first kappa shape index (κ1) is 18.0. The molecule has 1 amide bonds. The Hall–Kier alpha value is -2.82. The molecular weight excluding hydrogens is 326 g/mol. The lowest BCUT2D eigenvalue weighted by atomic mass is 10.1. The molecule has 136 valence electrons. The van der Waals surface area contributed by atoms with Crippen molar-refractivity contribution in [2.75, 3.05) is 13.6 Å². The maximum Gasteiger partial charge on any atom is 0.255 e. The first-order chi connectivity index (χ1) is 12.3. The van der Waals surface area contributed by atoms with Crippen LogP contribution in [-0.2, 0) is 6.54 Å². The van der Waals surface area contributed by atoms with E-state index < -0.39 is 0 Å². The number of ketones is 1. The number of nitrogens with zero attached hydrogens (tertiary/aromatic N) is 2. The Balaban J connectivity index is 1.80. The Morgan fingerprint density at radius 2 is 1.85 bits per heavy atom. The van der Waals surface area contributed by atoms with Gasteiger partial charge >= 0.3 is 0 Å². The maximum absolute atomic E-state index is 12.9. The average molecular weight is 351 g/mol. The van der Waals surface area contributed by atoms with Gasteiger partial charge in [0.1, 0.15) is 0 Å². The second-order valence-electron chi connectivity index (χ2n) is 6.90. The number of Topliss-reactive ketones (excluding diaryl/α,β-unsaturated/α-hetero) is 1. The monoisotopic (exact) mass is 351 g/mol. The van der Waals surface area contributed by atoms with Gasteiger partial charge in [0.2, 0.25) is 0 Å². The summed E-state index contributed by atoms with van der Waals surface area (Å²) in [6.07, 6.45) is 0. The number of hydrogen-bond acceptors (Lipinski definition) is 2. The highest BCUT2D eigenvalue weighted by Gasteiger charge is 2.22. The lowest BCUT2D eigenvalue weighted by Crippen LogP contribution is -2.31. The quantitative estimate of drug-likeness (QED) is 0.710. The number of fused-ring (bicyclic) bond motifs is 1. The predicted octanol–water partition coefficient (Wildman–Crippen LogP) is 3.87. The van der Waals surface area contributed by atoms with E-state index in [9.17, 15) is 9.59 Å². The number of carbonyl (C=O) groups excluding carboxylic acids is 2. The number of likely N-dealkylation sites (N-methyl/N-ethyl adjacent to an activating group) is 1. The molecule has 0 spiro atoms. The van der Waals surface area contributed by atoms with E-state index in [1.807, 2.05) is 33.0 Å². The summed E-state index contributed by atoms with van der Waals surface area (Å²) in [6, 6.07) is 10.4. The Morgan fingerprint density at radius 3 is 2.50 bits per heavy atom. The molecule has 0 unspecified atom stereocenters. The fourth-order valence-electron chi connectivity index (χ4n) is 3.61. The molecule has 26 heavy (non-hydrogen) atoms. The van der Waals surface area contributed by atoms with E-state index in [1.165, 1.54) is 23.5 Å². The van der Waals surface area contributed by atoms with Crippen LogP contribution >= 0.6 is 0 Å². The largest absolute Gasteiger partial charge is 0.355 e. The molecular formula is C21H25N3O2. The Bertz CT molecular complexity index is 994. The van der Waals surface area contributed by atoms with Gasteiger partial charge in [0.25, 0.3) is 5.91 Å². The standard InChI is InChI=1S/C21H25N3O2/c1-13-12-17-8-6-7-9-18(17)24(13)11-10-23(5)21(26)19-14(2)20(16(4)25)22-15(19)3/h6-9,12,22H,10-11H2,1-5H3. The van der Waals surface area contributed by atoms with E-state index in [2.05, 4.69) is 34.7 Å². The van der Waals surface area contributed by atoms with E-state index >= 15 is 0 Å². The average Bonchev–Trinajstić information content (AvgIpc) is 3.07. The summed E-state index contributed by atoms with van der Waals surface area (Å²) in [4.78, 5) is 29.4. The molecule has 1 N–H and O–H groups in total. The van der Waals surface area contributed by atoms with Gasteiger partial charge in [-0.2, -0.15) is 0 Å². The van der Waals surface area contributed by atoms with Crippen molar-refractivity contribution in [3.05, 3.63) is 58.5 Å². The third kappa shape index (κ3) is 3.05. The van der Waals surface area contributed by atoms with Crippen molar-refractivity contribution < 1.29 is 9.59 Å². The third-order valence-electron chi connectivity index (χ3n) is 5.03. The molecule has 0 fully saturated rings. The minimum atomic E-state index is -0.0575. The molecule has 3 aromatic rings. The summed E-state index contributed by atoms with van der Waals surface area (Å²) in [6.45, 7) is 8.58. The van der Waals surface area contributed by atoms with Crippen molar-refractivity contribution in [3.63, 3.8) is 0 Å². The van der Waals surface area contributed by atoms with Crippen molar-refractivity contribution in [2.24, 2.45) is 0 Å². The summed E-state index contributed by atoms with van der Waals surface area (Å²) in [5, 5.41) is 1.21. The smallest absolute Gasteiger partial charge is 0.255 e. The second-order valence-corrected chi connectivity index (χ2v) is 6.90. The number of H-pyrrole nitrogens is 1. The molecule has 2 aromatic heterocycles. The van der Waals surface area contributed by atoms with Crippen molar-refractivity contribution in [2.45, 2.75) is 34.2 Å². The van der Waals surface area contributed by atoms with Crippen LogP contribution in [0.3, 0.4) is 0 Å².